The number of carbonyl (C=O) groups excluding carboxylic acids is 1. The van der Waals surface area contributed by atoms with Crippen LogP contribution in [0.4, 0.5) is 4.79 Å². The van der Waals surface area contributed by atoms with Crippen molar-refractivity contribution in [3.63, 3.8) is 0 Å². The maximum absolute atomic E-state index is 12.2. The van der Waals surface area contributed by atoms with Gasteiger partial charge in [-0.05, 0) is 23.5 Å². The van der Waals surface area contributed by atoms with E-state index < -0.39 is 0 Å². The van der Waals surface area contributed by atoms with Crippen LogP contribution in [-0.4, -0.2) is 48.7 Å². The van der Waals surface area contributed by atoms with Gasteiger partial charge in [-0.1, -0.05) is 74.5 Å². The predicted octanol–water partition coefficient (Wildman–Crippen LogP) is 4.38. The van der Waals surface area contributed by atoms with E-state index in [4.69, 9.17) is 4.74 Å². The Morgan fingerprint density at radius 3 is 2.11 bits per heavy atom. The Morgan fingerprint density at radius 2 is 1.52 bits per heavy atom. The molecular weight excluding hydrogens is 336 g/mol. The number of rotatable bonds is 6. The topological polar surface area (TPSA) is 32.8 Å². The summed E-state index contributed by atoms with van der Waals surface area (Å²) in [4.78, 5) is 16.6. The van der Waals surface area contributed by atoms with Crippen molar-refractivity contribution in [3.8, 4) is 0 Å². The van der Waals surface area contributed by atoms with E-state index in [9.17, 15) is 4.79 Å². The molecule has 4 nitrogen and oxygen atoms in total. The zero-order chi connectivity index (χ0) is 19.1. The number of nitrogens with zero attached hydrogens (tertiary/aromatic N) is 2. The Labute approximate surface area is 162 Å². The van der Waals surface area contributed by atoms with E-state index >= 15 is 0 Å². The van der Waals surface area contributed by atoms with Crippen LogP contribution in [0.15, 0.2) is 60.7 Å². The van der Waals surface area contributed by atoms with Gasteiger partial charge in [0.2, 0.25) is 0 Å². The second kappa shape index (κ2) is 9.56. The minimum atomic E-state index is -0.178. The molecular formula is C23H30N2O2. The standard InChI is InChI=1S/C23H30N2O2/c1-19(2)18-27-23(26)25-15-13-24(14-16-25)22(21-11-7-4-8-12-21)17-20-9-5-3-6-10-20/h3-12,19,22H,13-18H2,1-2H3/t22-/m0/s1. The van der Waals surface area contributed by atoms with Crippen molar-refractivity contribution in [2.24, 2.45) is 5.92 Å². The van der Waals surface area contributed by atoms with Gasteiger partial charge in [0, 0.05) is 32.2 Å². The molecule has 0 spiro atoms. The van der Waals surface area contributed by atoms with Gasteiger partial charge in [-0.2, -0.15) is 0 Å². The van der Waals surface area contributed by atoms with Gasteiger partial charge < -0.3 is 9.64 Å². The molecule has 0 unspecified atom stereocenters. The Bertz CT molecular complexity index is 695. The molecule has 1 aliphatic rings. The summed E-state index contributed by atoms with van der Waals surface area (Å²) in [5, 5.41) is 0. The van der Waals surface area contributed by atoms with Crippen molar-refractivity contribution < 1.29 is 9.53 Å². The normalized spacial score (nSPS) is 16.3. The summed E-state index contributed by atoms with van der Waals surface area (Å²) in [6.07, 6.45) is 0.797. The van der Waals surface area contributed by atoms with Crippen LogP contribution in [-0.2, 0) is 11.2 Å². The second-order valence-corrected chi connectivity index (χ2v) is 7.61. The van der Waals surface area contributed by atoms with Gasteiger partial charge in [-0.3, -0.25) is 4.90 Å². The Hall–Kier alpha value is -2.33. The van der Waals surface area contributed by atoms with E-state index in [-0.39, 0.29) is 6.09 Å². The summed E-state index contributed by atoms with van der Waals surface area (Å²) in [6.45, 7) is 7.76. The zero-order valence-electron chi connectivity index (χ0n) is 16.4. The van der Waals surface area contributed by atoms with Crippen molar-refractivity contribution >= 4 is 6.09 Å². The van der Waals surface area contributed by atoms with Crippen LogP contribution >= 0.6 is 0 Å². The monoisotopic (exact) mass is 366 g/mol. The molecule has 1 fully saturated rings. The summed E-state index contributed by atoms with van der Waals surface area (Å²) in [5.74, 6) is 0.364. The van der Waals surface area contributed by atoms with E-state index in [0.29, 0.717) is 18.6 Å². The number of ether oxygens (including phenoxy) is 1. The average molecular weight is 367 g/mol. The number of benzene rings is 2. The second-order valence-electron chi connectivity index (χ2n) is 7.61. The third-order valence-corrected chi connectivity index (χ3v) is 5.01. The smallest absolute Gasteiger partial charge is 0.409 e. The zero-order valence-corrected chi connectivity index (χ0v) is 16.4. The minimum absolute atomic E-state index is 0.178. The molecule has 1 saturated heterocycles. The molecule has 144 valence electrons. The van der Waals surface area contributed by atoms with Crippen LogP contribution in [0, 0.1) is 5.92 Å². The lowest BCUT2D eigenvalue weighted by Crippen LogP contribution is -2.50. The highest BCUT2D eigenvalue weighted by Gasteiger charge is 2.27. The molecule has 27 heavy (non-hydrogen) atoms. The van der Waals surface area contributed by atoms with Crippen LogP contribution in [0.1, 0.15) is 31.0 Å². The van der Waals surface area contributed by atoms with Crippen molar-refractivity contribution in [1.29, 1.82) is 0 Å². The van der Waals surface area contributed by atoms with Crippen LogP contribution in [0.3, 0.4) is 0 Å². The fourth-order valence-corrected chi connectivity index (χ4v) is 3.52. The third kappa shape index (κ3) is 5.57. The first-order valence-corrected chi connectivity index (χ1v) is 9.88. The van der Waals surface area contributed by atoms with Gasteiger partial charge in [0.25, 0.3) is 0 Å². The quantitative estimate of drug-likeness (QED) is 0.760. The van der Waals surface area contributed by atoms with Crippen LogP contribution in [0.5, 0.6) is 0 Å². The number of carbonyl (C=O) groups is 1. The van der Waals surface area contributed by atoms with Crippen molar-refractivity contribution in [2.75, 3.05) is 32.8 Å². The number of piperazine rings is 1. The third-order valence-electron chi connectivity index (χ3n) is 5.01. The maximum Gasteiger partial charge on any atom is 0.409 e. The van der Waals surface area contributed by atoms with Gasteiger partial charge in [0.1, 0.15) is 0 Å². The van der Waals surface area contributed by atoms with E-state index in [1.807, 2.05) is 4.90 Å². The molecule has 0 saturated carbocycles. The molecule has 1 amide bonds. The largest absolute Gasteiger partial charge is 0.449 e. The molecule has 1 heterocycles. The molecule has 0 N–H and O–H groups in total. The number of hydrogen-bond acceptors (Lipinski definition) is 3. The summed E-state index contributed by atoms with van der Waals surface area (Å²) in [5.41, 5.74) is 2.67. The molecule has 1 atom stereocenters. The Kier molecular flexibility index (Phi) is 6.88. The van der Waals surface area contributed by atoms with Crippen molar-refractivity contribution in [1.82, 2.24) is 9.80 Å². The molecule has 0 aromatic heterocycles. The van der Waals surface area contributed by atoms with Gasteiger partial charge in [-0.25, -0.2) is 4.79 Å². The van der Waals surface area contributed by atoms with Gasteiger partial charge in [-0.15, -0.1) is 0 Å². The summed E-state index contributed by atoms with van der Waals surface area (Å²) < 4.78 is 5.39. The molecule has 3 rings (SSSR count). The van der Waals surface area contributed by atoms with E-state index in [1.165, 1.54) is 11.1 Å². The van der Waals surface area contributed by atoms with E-state index in [2.05, 4.69) is 79.4 Å². The van der Waals surface area contributed by atoms with E-state index in [1.54, 1.807) is 0 Å². The lowest BCUT2D eigenvalue weighted by Gasteiger charge is -2.39. The molecule has 2 aromatic rings. The van der Waals surface area contributed by atoms with E-state index in [0.717, 1.165) is 32.6 Å². The van der Waals surface area contributed by atoms with Gasteiger partial charge >= 0.3 is 6.09 Å². The van der Waals surface area contributed by atoms with Crippen LogP contribution < -0.4 is 0 Å². The highest BCUT2D eigenvalue weighted by Crippen LogP contribution is 2.26. The fraction of sp³-hybridized carbons (Fsp3) is 0.435. The number of amides is 1. The Morgan fingerprint density at radius 1 is 0.926 bits per heavy atom. The minimum Gasteiger partial charge on any atom is -0.449 e. The lowest BCUT2D eigenvalue weighted by molar-refractivity contribution is 0.0575. The molecule has 1 aliphatic heterocycles. The molecule has 4 heteroatoms. The first-order chi connectivity index (χ1) is 13.1. The summed E-state index contributed by atoms with van der Waals surface area (Å²) in [6, 6.07) is 21.6. The highest BCUT2D eigenvalue weighted by atomic mass is 16.6. The summed E-state index contributed by atoms with van der Waals surface area (Å²) >= 11 is 0. The van der Waals surface area contributed by atoms with Crippen molar-refractivity contribution in [2.45, 2.75) is 26.3 Å². The average Bonchev–Trinajstić information content (AvgIpc) is 2.72. The fourth-order valence-electron chi connectivity index (χ4n) is 3.52. The maximum atomic E-state index is 12.2. The van der Waals surface area contributed by atoms with Gasteiger partial charge in [0.05, 0.1) is 6.61 Å². The molecule has 2 aromatic carbocycles. The molecule has 0 aliphatic carbocycles. The molecule has 0 bridgehead atoms. The van der Waals surface area contributed by atoms with Gasteiger partial charge in [0.15, 0.2) is 0 Å². The van der Waals surface area contributed by atoms with Crippen LogP contribution in [0.2, 0.25) is 0 Å². The lowest BCUT2D eigenvalue weighted by atomic mass is 9.97. The summed E-state index contributed by atoms with van der Waals surface area (Å²) in [7, 11) is 0. The van der Waals surface area contributed by atoms with Crippen molar-refractivity contribution in [3.05, 3.63) is 71.8 Å². The van der Waals surface area contributed by atoms with Crippen LogP contribution in [0.25, 0.3) is 0 Å². The number of hydrogen-bond donors (Lipinski definition) is 0. The first kappa shape index (κ1) is 19.4. The first-order valence-electron chi connectivity index (χ1n) is 9.88. The highest BCUT2D eigenvalue weighted by molar-refractivity contribution is 5.67. The predicted molar refractivity (Wildman–Crippen MR) is 109 cm³/mol. The molecule has 0 radical (unpaired) electrons. The Balaban J connectivity index is 1.65. The SMILES string of the molecule is CC(C)COC(=O)N1CCN([C@@H](Cc2ccccc2)c2ccccc2)CC1.